The van der Waals surface area contributed by atoms with Gasteiger partial charge in [-0.05, 0) is 35.2 Å². The van der Waals surface area contributed by atoms with Crippen LogP contribution in [-0.2, 0) is 40.0 Å². The van der Waals surface area contributed by atoms with Crippen molar-refractivity contribution in [1.29, 1.82) is 0 Å². The zero-order valence-electron chi connectivity index (χ0n) is 26.8. The van der Waals surface area contributed by atoms with Crippen molar-refractivity contribution in [2.45, 2.75) is 12.5 Å². The molecule has 0 saturated carbocycles. The molecule has 0 aromatic heterocycles. The highest BCUT2D eigenvalue weighted by molar-refractivity contribution is 6.26. The van der Waals surface area contributed by atoms with Crippen molar-refractivity contribution >= 4 is 64.0 Å². The van der Waals surface area contributed by atoms with Crippen LogP contribution in [0.5, 0.6) is 5.75 Å². The Bertz CT molecular complexity index is 1840. The van der Waals surface area contributed by atoms with E-state index in [2.05, 4.69) is 31.9 Å². The molecule has 1 heterocycles. The van der Waals surface area contributed by atoms with Crippen LogP contribution < -0.4 is 31.9 Å². The number of carboxylic acids is 1. The minimum absolute atomic E-state index is 0.00689. The van der Waals surface area contributed by atoms with E-state index in [0.717, 1.165) is 4.90 Å². The Morgan fingerprint density at radius 1 is 0.588 bits per heavy atom. The second-order valence-electron chi connectivity index (χ2n) is 11.1. The maximum absolute atomic E-state index is 12.9. The maximum Gasteiger partial charge on any atom is 0.326 e. The van der Waals surface area contributed by atoms with E-state index in [1.54, 1.807) is 36.4 Å². The molecule has 1 aliphatic heterocycles. The van der Waals surface area contributed by atoms with E-state index in [1.165, 1.54) is 24.3 Å². The van der Waals surface area contributed by atoms with Crippen molar-refractivity contribution in [3.8, 4) is 5.75 Å². The summed E-state index contributed by atoms with van der Waals surface area (Å²) < 4.78 is 0. The van der Waals surface area contributed by atoms with Crippen LogP contribution in [-0.4, -0.2) is 114 Å². The van der Waals surface area contributed by atoms with Gasteiger partial charge < -0.3 is 42.1 Å². The number of phenols is 1. The van der Waals surface area contributed by atoms with Gasteiger partial charge in [0.15, 0.2) is 0 Å². The zero-order valence-corrected chi connectivity index (χ0v) is 26.8. The summed E-state index contributed by atoms with van der Waals surface area (Å²) in [7, 11) is 0. The lowest BCUT2D eigenvalue weighted by Gasteiger charge is -2.26. The van der Waals surface area contributed by atoms with Crippen LogP contribution in [0.15, 0.2) is 60.7 Å². The van der Waals surface area contributed by atoms with E-state index in [-0.39, 0.29) is 23.3 Å². The predicted octanol–water partition coefficient (Wildman–Crippen LogP) is -2.47. The van der Waals surface area contributed by atoms with E-state index in [9.17, 15) is 53.4 Å². The van der Waals surface area contributed by atoms with Crippen LogP contribution >= 0.6 is 0 Å². The van der Waals surface area contributed by atoms with Gasteiger partial charge in [0.25, 0.3) is 11.8 Å². The number of carbonyl (C=O) groups is 9. The normalized spacial score (nSPS) is 12.4. The number of benzene rings is 3. The molecule has 0 saturated heterocycles. The first-order chi connectivity index (χ1) is 24.3. The van der Waals surface area contributed by atoms with Crippen molar-refractivity contribution in [3.05, 3.63) is 77.4 Å². The van der Waals surface area contributed by atoms with Gasteiger partial charge in [-0.1, -0.05) is 36.4 Å². The van der Waals surface area contributed by atoms with Gasteiger partial charge in [0.1, 0.15) is 18.3 Å². The van der Waals surface area contributed by atoms with Crippen molar-refractivity contribution < 1.29 is 53.4 Å². The van der Waals surface area contributed by atoms with E-state index in [4.69, 9.17) is 0 Å². The van der Waals surface area contributed by atoms with Crippen LogP contribution in [0.3, 0.4) is 0 Å². The summed E-state index contributed by atoms with van der Waals surface area (Å²) >= 11 is 0. The number of imide groups is 1. The van der Waals surface area contributed by atoms with Crippen LogP contribution in [0.1, 0.15) is 26.3 Å². The molecule has 18 heteroatoms. The summed E-state index contributed by atoms with van der Waals surface area (Å²) in [6, 6.07) is 14.4. The molecule has 0 fully saturated rings. The van der Waals surface area contributed by atoms with Gasteiger partial charge in [0, 0.05) is 22.9 Å². The summed E-state index contributed by atoms with van der Waals surface area (Å²) in [6.45, 7) is -3.48. The Kier molecular flexibility index (Phi) is 12.3. The smallest absolute Gasteiger partial charge is 0.326 e. The van der Waals surface area contributed by atoms with E-state index >= 15 is 0 Å². The fourth-order valence-electron chi connectivity index (χ4n) is 4.88. The van der Waals surface area contributed by atoms with Gasteiger partial charge in [-0.3, -0.25) is 43.3 Å². The first-order valence-electron chi connectivity index (χ1n) is 15.3. The number of nitrogens with zero attached hydrogens (tertiary/aromatic N) is 1. The SMILES string of the molecule is O=C(CNC(=O)CNC(=O)CN1C(=O)c2cccc3cccc(c23)C1=O)NCC(=O)NCC(=O)NCC(=O)NC(Cc1ccc(O)cc1)C(=O)O. The first kappa shape index (κ1) is 37.0. The average molecular weight is 704 g/mol. The standard InChI is InChI=1S/C33H33N7O11/c41-20-9-7-18(8-10-20)11-23(33(50)51)39-28(46)16-37-26(44)14-35-24(42)12-34-25(43)13-36-27(45)15-38-29(47)17-40-31(48)21-5-1-3-19-4-2-6-22(30(19)21)32(40)49/h1-10,23,41H,11-17H2,(H,34,43)(H,35,42)(H,36,45)(H,37,44)(H,38,47)(H,39,46)(H,50,51). The van der Waals surface area contributed by atoms with Crippen molar-refractivity contribution in [1.82, 2.24) is 36.8 Å². The third-order valence-electron chi connectivity index (χ3n) is 7.40. The largest absolute Gasteiger partial charge is 0.508 e. The second-order valence-corrected chi connectivity index (χ2v) is 11.1. The fraction of sp³-hybridized carbons (Fsp3) is 0.242. The van der Waals surface area contributed by atoms with Crippen LogP contribution in [0.2, 0.25) is 0 Å². The molecular weight excluding hydrogens is 670 g/mol. The van der Waals surface area contributed by atoms with Gasteiger partial charge in [-0.2, -0.15) is 0 Å². The molecule has 0 aliphatic carbocycles. The lowest BCUT2D eigenvalue weighted by atomic mass is 9.94. The Morgan fingerprint density at radius 3 is 1.47 bits per heavy atom. The van der Waals surface area contributed by atoms with Crippen molar-refractivity contribution in [2.75, 3.05) is 39.3 Å². The second kappa shape index (κ2) is 17.0. The molecule has 1 aliphatic rings. The fourth-order valence-corrected chi connectivity index (χ4v) is 4.88. The molecule has 8 N–H and O–H groups in total. The molecule has 3 aromatic carbocycles. The molecule has 51 heavy (non-hydrogen) atoms. The highest BCUT2D eigenvalue weighted by Crippen LogP contribution is 2.29. The molecule has 3 aromatic rings. The number of aromatic hydroxyl groups is 1. The minimum atomic E-state index is -1.31. The Hall–Kier alpha value is -6.85. The number of hydrogen-bond donors (Lipinski definition) is 8. The van der Waals surface area contributed by atoms with Crippen LogP contribution in [0, 0.1) is 0 Å². The third-order valence-corrected chi connectivity index (χ3v) is 7.40. The van der Waals surface area contributed by atoms with Crippen molar-refractivity contribution in [3.63, 3.8) is 0 Å². The topological polar surface area (TPSA) is 270 Å². The van der Waals surface area contributed by atoms with Gasteiger partial charge in [-0.15, -0.1) is 0 Å². The highest BCUT2D eigenvalue weighted by Gasteiger charge is 2.34. The molecule has 1 atom stereocenters. The quantitative estimate of drug-likeness (QED) is 0.0725. The number of carbonyl (C=O) groups excluding carboxylic acids is 8. The molecule has 18 nitrogen and oxygen atoms in total. The lowest BCUT2D eigenvalue weighted by molar-refractivity contribution is -0.141. The number of hydrogen-bond acceptors (Lipinski definition) is 10. The van der Waals surface area contributed by atoms with Crippen molar-refractivity contribution in [2.24, 2.45) is 0 Å². The number of aliphatic carboxylic acids is 1. The monoisotopic (exact) mass is 703 g/mol. The zero-order chi connectivity index (χ0) is 37.1. The molecule has 4 rings (SSSR count). The molecular formula is C33H33N7O11. The molecule has 0 bridgehead atoms. The Balaban J connectivity index is 1.08. The molecule has 1 unspecified atom stereocenters. The number of nitrogens with one attached hydrogen (secondary N) is 6. The summed E-state index contributed by atoms with van der Waals surface area (Å²) in [4.78, 5) is 111. The first-order valence-corrected chi connectivity index (χ1v) is 15.3. The molecule has 266 valence electrons. The molecule has 8 amide bonds. The molecule has 0 spiro atoms. The Labute approximate surface area is 288 Å². The van der Waals surface area contributed by atoms with Gasteiger partial charge in [0.05, 0.1) is 32.7 Å². The summed E-state index contributed by atoms with van der Waals surface area (Å²) in [5.74, 6) is -7.31. The number of amides is 8. The summed E-state index contributed by atoms with van der Waals surface area (Å²) in [5, 5.41) is 33.3. The third kappa shape index (κ3) is 10.3. The van der Waals surface area contributed by atoms with Gasteiger partial charge in [-0.25, -0.2) is 4.79 Å². The number of carboxylic acid groups (broad SMARTS) is 1. The minimum Gasteiger partial charge on any atom is -0.508 e. The highest BCUT2D eigenvalue weighted by atomic mass is 16.4. The average Bonchev–Trinajstić information content (AvgIpc) is 3.11. The molecule has 0 radical (unpaired) electrons. The predicted molar refractivity (Wildman–Crippen MR) is 176 cm³/mol. The number of phenolic OH excluding ortho intramolecular Hbond substituents is 1. The summed E-state index contributed by atoms with van der Waals surface area (Å²) in [5.41, 5.74) is 1.08. The van der Waals surface area contributed by atoms with Gasteiger partial charge in [0.2, 0.25) is 35.4 Å². The van der Waals surface area contributed by atoms with E-state index in [1.807, 2.05) is 0 Å². The van der Waals surface area contributed by atoms with Gasteiger partial charge >= 0.3 is 5.97 Å². The summed E-state index contributed by atoms with van der Waals surface area (Å²) in [6.07, 6.45) is -0.0729. The van der Waals surface area contributed by atoms with Crippen LogP contribution in [0.25, 0.3) is 10.8 Å². The number of rotatable bonds is 16. The Morgan fingerprint density at radius 2 is 1.02 bits per heavy atom. The van der Waals surface area contributed by atoms with E-state index in [0.29, 0.717) is 16.3 Å². The van der Waals surface area contributed by atoms with E-state index < -0.39 is 98.5 Å². The maximum atomic E-state index is 12.9. The van der Waals surface area contributed by atoms with Crippen LogP contribution in [0.4, 0.5) is 0 Å². The lowest BCUT2D eigenvalue weighted by Crippen LogP contribution is -2.49.